The van der Waals surface area contributed by atoms with Crippen LogP contribution >= 0.6 is 0 Å². The molecule has 0 radical (unpaired) electrons. The lowest BCUT2D eigenvalue weighted by Crippen LogP contribution is -2.31. The van der Waals surface area contributed by atoms with Crippen molar-refractivity contribution in [2.45, 2.75) is 5.41 Å². The van der Waals surface area contributed by atoms with Crippen LogP contribution in [-0.2, 0) is 5.41 Å². The van der Waals surface area contributed by atoms with Gasteiger partial charge in [-0.25, -0.2) is 9.59 Å². The summed E-state index contributed by atoms with van der Waals surface area (Å²) in [5.41, 5.74) is 13.6. The fourth-order valence-corrected chi connectivity index (χ4v) is 4.15. The Morgan fingerprint density at radius 1 is 0.485 bits per heavy atom. The van der Waals surface area contributed by atoms with E-state index >= 15 is 0 Å². The van der Waals surface area contributed by atoms with E-state index in [0.717, 1.165) is 22.3 Å². The molecule has 6 heteroatoms. The standard InChI is InChI=1S/C27H22N2O4/c28-25(30)32-23-15-11-21(12-16-23)27(19-7-3-1-4-8-19,20-9-5-2-6-10-20)22-13-17-24(18-14-22)33-26(29)31/h1-18H,(H2,28,30)(H2,29,31). The Labute approximate surface area is 191 Å². The van der Waals surface area contributed by atoms with Crippen LogP contribution in [-0.4, -0.2) is 12.2 Å². The molecule has 164 valence electrons. The molecule has 0 unspecified atom stereocenters. The monoisotopic (exact) mass is 438 g/mol. The van der Waals surface area contributed by atoms with Crippen molar-refractivity contribution >= 4 is 12.2 Å². The number of hydrogen-bond acceptors (Lipinski definition) is 4. The fraction of sp³-hybridized carbons (Fsp3) is 0.0370. The van der Waals surface area contributed by atoms with Gasteiger partial charge in [0.15, 0.2) is 0 Å². The number of nitrogens with two attached hydrogens (primary N) is 2. The van der Waals surface area contributed by atoms with Crippen LogP contribution in [0.1, 0.15) is 22.3 Å². The lowest BCUT2D eigenvalue weighted by molar-refractivity contribution is 0.210. The van der Waals surface area contributed by atoms with Gasteiger partial charge in [-0.1, -0.05) is 84.9 Å². The molecule has 4 rings (SSSR count). The third-order valence-electron chi connectivity index (χ3n) is 5.43. The lowest BCUT2D eigenvalue weighted by Gasteiger charge is -2.37. The summed E-state index contributed by atoms with van der Waals surface area (Å²) in [6, 6.07) is 34.6. The van der Waals surface area contributed by atoms with Gasteiger partial charge in [0.2, 0.25) is 0 Å². The maximum absolute atomic E-state index is 11.2. The number of benzene rings is 4. The number of ether oxygens (including phenoxy) is 2. The minimum Gasteiger partial charge on any atom is -0.411 e. The molecule has 4 aromatic rings. The number of rotatable bonds is 6. The SMILES string of the molecule is NC(=O)Oc1ccc(C(c2ccccc2)(c2ccccc2)c2ccc(OC(N)=O)cc2)cc1. The molecule has 0 aliphatic heterocycles. The second-order valence-electron chi connectivity index (χ2n) is 7.37. The highest BCUT2D eigenvalue weighted by Crippen LogP contribution is 2.45. The summed E-state index contributed by atoms with van der Waals surface area (Å²) < 4.78 is 10.1. The van der Waals surface area contributed by atoms with Crippen LogP contribution in [0.5, 0.6) is 11.5 Å². The summed E-state index contributed by atoms with van der Waals surface area (Å²) in [7, 11) is 0. The molecule has 0 saturated carbocycles. The number of amides is 2. The van der Waals surface area contributed by atoms with E-state index in [0.29, 0.717) is 11.5 Å². The quantitative estimate of drug-likeness (QED) is 0.414. The number of carbonyl (C=O) groups excluding carboxylic acids is 2. The summed E-state index contributed by atoms with van der Waals surface area (Å²) >= 11 is 0. The highest BCUT2D eigenvalue weighted by atomic mass is 16.6. The summed E-state index contributed by atoms with van der Waals surface area (Å²) in [5, 5.41) is 0. The van der Waals surface area contributed by atoms with E-state index in [1.54, 1.807) is 24.3 Å². The maximum Gasteiger partial charge on any atom is 0.409 e. The highest BCUT2D eigenvalue weighted by molar-refractivity contribution is 5.69. The van der Waals surface area contributed by atoms with Gasteiger partial charge in [-0.2, -0.15) is 0 Å². The van der Waals surface area contributed by atoms with E-state index in [1.807, 2.05) is 60.7 Å². The van der Waals surface area contributed by atoms with Crippen LogP contribution in [0.4, 0.5) is 9.59 Å². The van der Waals surface area contributed by atoms with E-state index in [4.69, 9.17) is 20.9 Å². The van der Waals surface area contributed by atoms with E-state index in [-0.39, 0.29) is 0 Å². The van der Waals surface area contributed by atoms with Gasteiger partial charge < -0.3 is 20.9 Å². The Hall–Kier alpha value is -4.58. The van der Waals surface area contributed by atoms with E-state index in [9.17, 15) is 9.59 Å². The lowest BCUT2D eigenvalue weighted by atomic mass is 9.65. The summed E-state index contributed by atoms with van der Waals surface area (Å²) in [4.78, 5) is 22.4. The van der Waals surface area contributed by atoms with Crippen molar-refractivity contribution < 1.29 is 19.1 Å². The molecule has 0 spiro atoms. The molecule has 6 nitrogen and oxygen atoms in total. The normalized spacial score (nSPS) is 10.9. The third-order valence-corrected chi connectivity index (χ3v) is 5.43. The Kier molecular flexibility index (Phi) is 6.09. The molecule has 4 N–H and O–H groups in total. The van der Waals surface area contributed by atoms with Gasteiger partial charge in [-0.15, -0.1) is 0 Å². The molecule has 0 heterocycles. The average Bonchev–Trinajstić information content (AvgIpc) is 2.82. The topological polar surface area (TPSA) is 105 Å². The molecule has 0 bridgehead atoms. The zero-order valence-corrected chi connectivity index (χ0v) is 17.7. The molecule has 0 aliphatic rings. The van der Waals surface area contributed by atoms with E-state index in [1.165, 1.54) is 0 Å². The highest BCUT2D eigenvalue weighted by Gasteiger charge is 2.38. The molecule has 0 aliphatic carbocycles. The van der Waals surface area contributed by atoms with Crippen molar-refractivity contribution in [1.29, 1.82) is 0 Å². The van der Waals surface area contributed by atoms with Gasteiger partial charge in [0.05, 0.1) is 5.41 Å². The predicted molar refractivity (Wildman–Crippen MR) is 125 cm³/mol. The second kappa shape index (κ2) is 9.28. The second-order valence-corrected chi connectivity index (χ2v) is 7.37. The van der Waals surface area contributed by atoms with Crippen LogP contribution < -0.4 is 20.9 Å². The van der Waals surface area contributed by atoms with E-state index in [2.05, 4.69) is 24.3 Å². The Bertz CT molecular complexity index is 1140. The van der Waals surface area contributed by atoms with E-state index < -0.39 is 17.6 Å². The number of primary amides is 2. The van der Waals surface area contributed by atoms with Crippen molar-refractivity contribution in [3.05, 3.63) is 131 Å². The molecule has 33 heavy (non-hydrogen) atoms. The Morgan fingerprint density at radius 3 is 1.09 bits per heavy atom. The van der Waals surface area contributed by atoms with Gasteiger partial charge >= 0.3 is 12.2 Å². The van der Waals surface area contributed by atoms with Crippen LogP contribution in [0.25, 0.3) is 0 Å². The van der Waals surface area contributed by atoms with Crippen LogP contribution in [0, 0.1) is 0 Å². The molecule has 0 atom stereocenters. The van der Waals surface area contributed by atoms with Gasteiger partial charge in [-0.3, -0.25) is 0 Å². The Balaban J connectivity index is 1.97. The third kappa shape index (κ3) is 4.41. The minimum atomic E-state index is -0.870. The Morgan fingerprint density at radius 2 is 0.788 bits per heavy atom. The summed E-state index contributed by atoms with van der Waals surface area (Å²) in [6.07, 6.45) is -1.74. The summed E-state index contributed by atoms with van der Waals surface area (Å²) in [5.74, 6) is 0.706. The molecular weight excluding hydrogens is 416 g/mol. The minimum absolute atomic E-state index is 0.353. The first-order chi connectivity index (χ1) is 16.0. The van der Waals surface area contributed by atoms with Crippen LogP contribution in [0.15, 0.2) is 109 Å². The molecule has 0 aromatic heterocycles. The van der Waals surface area contributed by atoms with Crippen molar-refractivity contribution in [3.63, 3.8) is 0 Å². The summed E-state index contributed by atoms with van der Waals surface area (Å²) in [6.45, 7) is 0. The van der Waals surface area contributed by atoms with Gasteiger partial charge in [0.25, 0.3) is 0 Å². The molecular formula is C27H22N2O4. The first kappa shape index (κ1) is 21.6. The van der Waals surface area contributed by atoms with Crippen molar-refractivity contribution in [2.24, 2.45) is 11.5 Å². The van der Waals surface area contributed by atoms with Gasteiger partial charge in [-0.05, 0) is 46.5 Å². The molecule has 0 saturated heterocycles. The zero-order valence-electron chi connectivity index (χ0n) is 17.7. The number of carbonyl (C=O) groups is 2. The molecule has 4 aromatic carbocycles. The molecule has 0 fully saturated rings. The van der Waals surface area contributed by atoms with Crippen molar-refractivity contribution in [1.82, 2.24) is 0 Å². The van der Waals surface area contributed by atoms with Crippen LogP contribution in [0.2, 0.25) is 0 Å². The fourth-order valence-electron chi connectivity index (χ4n) is 4.15. The zero-order chi connectivity index (χ0) is 23.3. The smallest absolute Gasteiger partial charge is 0.409 e. The first-order valence-corrected chi connectivity index (χ1v) is 10.3. The average molecular weight is 438 g/mol. The molecule has 2 amide bonds. The first-order valence-electron chi connectivity index (χ1n) is 10.3. The van der Waals surface area contributed by atoms with Crippen molar-refractivity contribution in [2.75, 3.05) is 0 Å². The van der Waals surface area contributed by atoms with Gasteiger partial charge in [0, 0.05) is 0 Å². The van der Waals surface area contributed by atoms with Gasteiger partial charge in [0.1, 0.15) is 11.5 Å². The predicted octanol–water partition coefficient (Wildman–Crippen LogP) is 4.98. The van der Waals surface area contributed by atoms with Crippen molar-refractivity contribution in [3.8, 4) is 11.5 Å². The largest absolute Gasteiger partial charge is 0.411 e. The van der Waals surface area contributed by atoms with Crippen LogP contribution in [0.3, 0.4) is 0 Å². The maximum atomic E-state index is 11.2. The number of hydrogen-bond donors (Lipinski definition) is 2.